The van der Waals surface area contributed by atoms with E-state index in [9.17, 15) is 13.5 Å². The van der Waals surface area contributed by atoms with E-state index in [0.29, 0.717) is 25.3 Å². The van der Waals surface area contributed by atoms with Gasteiger partial charge < -0.3 is 5.11 Å². The van der Waals surface area contributed by atoms with Gasteiger partial charge in [0, 0.05) is 13.1 Å². The highest BCUT2D eigenvalue weighted by molar-refractivity contribution is 7.87. The first-order chi connectivity index (χ1) is 7.87. The molecule has 17 heavy (non-hydrogen) atoms. The molecule has 102 valence electrons. The van der Waals surface area contributed by atoms with Crippen LogP contribution in [0.3, 0.4) is 0 Å². The Kier molecular flexibility index (Phi) is 5.37. The van der Waals surface area contributed by atoms with Crippen molar-refractivity contribution in [3.8, 4) is 0 Å². The highest BCUT2D eigenvalue weighted by Crippen LogP contribution is 2.31. The Morgan fingerprint density at radius 1 is 1.41 bits per heavy atom. The molecule has 1 rings (SSSR count). The van der Waals surface area contributed by atoms with Crippen molar-refractivity contribution in [2.24, 2.45) is 5.92 Å². The van der Waals surface area contributed by atoms with Crippen molar-refractivity contribution < 1.29 is 13.5 Å². The summed E-state index contributed by atoms with van der Waals surface area (Å²) < 4.78 is 27.9. The van der Waals surface area contributed by atoms with E-state index in [1.807, 2.05) is 6.92 Å². The van der Waals surface area contributed by atoms with Gasteiger partial charge in [0.25, 0.3) is 10.2 Å². The van der Waals surface area contributed by atoms with Crippen molar-refractivity contribution in [3.05, 3.63) is 0 Å². The number of rotatable bonds is 6. The Hall–Kier alpha value is -0.170. The van der Waals surface area contributed by atoms with Crippen LogP contribution in [0.5, 0.6) is 0 Å². The molecular weight excluding hydrogens is 240 g/mol. The van der Waals surface area contributed by atoms with Crippen LogP contribution < -0.4 is 9.44 Å². The molecule has 0 radical (unpaired) electrons. The van der Waals surface area contributed by atoms with Crippen LogP contribution in [0.2, 0.25) is 0 Å². The molecule has 0 amide bonds. The van der Waals surface area contributed by atoms with Crippen molar-refractivity contribution in [1.29, 1.82) is 0 Å². The molecule has 0 aromatic heterocycles. The molecule has 1 aliphatic carbocycles. The topological polar surface area (TPSA) is 78.4 Å². The van der Waals surface area contributed by atoms with E-state index in [1.54, 1.807) is 0 Å². The van der Waals surface area contributed by atoms with Gasteiger partial charge in [-0.3, -0.25) is 0 Å². The first-order valence-electron chi connectivity index (χ1n) is 6.33. The normalized spacial score (nSPS) is 30.4. The highest BCUT2D eigenvalue weighted by atomic mass is 32.2. The Balaban J connectivity index is 2.43. The summed E-state index contributed by atoms with van der Waals surface area (Å²) in [5, 5.41) is 10.3. The SMILES string of the molecule is CCCNS(=O)(=O)NCC1(O)CCCC(C)C1. The highest BCUT2D eigenvalue weighted by Gasteiger charge is 2.33. The molecule has 0 bridgehead atoms. The van der Waals surface area contributed by atoms with E-state index < -0.39 is 15.8 Å². The zero-order chi connectivity index (χ0) is 12.9. The van der Waals surface area contributed by atoms with Crippen LogP contribution >= 0.6 is 0 Å². The van der Waals surface area contributed by atoms with E-state index in [2.05, 4.69) is 16.4 Å². The van der Waals surface area contributed by atoms with Gasteiger partial charge in [0.15, 0.2) is 0 Å². The largest absolute Gasteiger partial charge is 0.389 e. The molecule has 0 aromatic carbocycles. The van der Waals surface area contributed by atoms with E-state index in [0.717, 1.165) is 19.3 Å². The monoisotopic (exact) mass is 264 g/mol. The number of hydrogen-bond donors (Lipinski definition) is 3. The smallest absolute Gasteiger partial charge is 0.277 e. The summed E-state index contributed by atoms with van der Waals surface area (Å²) in [6, 6.07) is 0. The second kappa shape index (κ2) is 6.13. The van der Waals surface area contributed by atoms with Crippen molar-refractivity contribution in [2.75, 3.05) is 13.1 Å². The minimum Gasteiger partial charge on any atom is -0.389 e. The first kappa shape index (κ1) is 14.9. The van der Waals surface area contributed by atoms with Crippen LogP contribution in [-0.4, -0.2) is 32.2 Å². The van der Waals surface area contributed by atoms with Gasteiger partial charge >= 0.3 is 0 Å². The van der Waals surface area contributed by atoms with E-state index in [-0.39, 0.29) is 6.54 Å². The standard InChI is InChI=1S/C11H24N2O3S/c1-3-7-12-17(15,16)13-9-11(14)6-4-5-10(2)8-11/h10,12-14H,3-9H2,1-2H3. The van der Waals surface area contributed by atoms with Crippen LogP contribution in [0.25, 0.3) is 0 Å². The van der Waals surface area contributed by atoms with Gasteiger partial charge in [0.1, 0.15) is 0 Å². The van der Waals surface area contributed by atoms with Crippen LogP contribution in [-0.2, 0) is 10.2 Å². The van der Waals surface area contributed by atoms with Gasteiger partial charge in [-0.15, -0.1) is 0 Å². The Morgan fingerprint density at radius 3 is 2.71 bits per heavy atom. The zero-order valence-corrected chi connectivity index (χ0v) is 11.5. The summed E-state index contributed by atoms with van der Waals surface area (Å²) in [6.07, 6.45) is 4.17. The molecule has 1 fully saturated rings. The predicted octanol–water partition coefficient (Wildman–Crippen LogP) is 0.762. The van der Waals surface area contributed by atoms with Crippen LogP contribution in [0.15, 0.2) is 0 Å². The molecule has 2 unspecified atom stereocenters. The van der Waals surface area contributed by atoms with Crippen molar-refractivity contribution in [1.82, 2.24) is 9.44 Å². The van der Waals surface area contributed by atoms with Gasteiger partial charge in [-0.2, -0.15) is 13.1 Å². The number of hydrogen-bond acceptors (Lipinski definition) is 3. The molecule has 5 nitrogen and oxygen atoms in total. The zero-order valence-electron chi connectivity index (χ0n) is 10.7. The van der Waals surface area contributed by atoms with Gasteiger partial charge in [-0.1, -0.05) is 26.7 Å². The fraction of sp³-hybridized carbons (Fsp3) is 1.00. The van der Waals surface area contributed by atoms with Crippen molar-refractivity contribution in [3.63, 3.8) is 0 Å². The quantitative estimate of drug-likeness (QED) is 0.663. The molecule has 2 atom stereocenters. The summed E-state index contributed by atoms with van der Waals surface area (Å²) in [5.41, 5.74) is -0.876. The number of aliphatic hydroxyl groups is 1. The second-order valence-corrected chi connectivity index (χ2v) is 6.73. The van der Waals surface area contributed by atoms with E-state index >= 15 is 0 Å². The molecule has 0 aromatic rings. The molecule has 6 heteroatoms. The summed E-state index contributed by atoms with van der Waals surface area (Å²) in [7, 11) is -3.46. The maximum atomic E-state index is 11.5. The van der Waals surface area contributed by atoms with Crippen LogP contribution in [0.4, 0.5) is 0 Å². The van der Waals surface area contributed by atoms with Crippen molar-refractivity contribution in [2.45, 2.75) is 51.6 Å². The lowest BCUT2D eigenvalue weighted by molar-refractivity contribution is -0.00757. The molecule has 1 aliphatic rings. The summed E-state index contributed by atoms with van der Waals surface area (Å²) >= 11 is 0. The molecule has 0 aliphatic heterocycles. The molecule has 0 saturated heterocycles. The summed E-state index contributed by atoms with van der Waals surface area (Å²) in [5.74, 6) is 0.460. The summed E-state index contributed by atoms with van der Waals surface area (Å²) in [6.45, 7) is 4.52. The Bertz CT molecular complexity index is 332. The first-order valence-corrected chi connectivity index (χ1v) is 7.82. The maximum Gasteiger partial charge on any atom is 0.277 e. The molecular formula is C11H24N2O3S. The van der Waals surface area contributed by atoms with Crippen LogP contribution in [0.1, 0.15) is 46.0 Å². The van der Waals surface area contributed by atoms with E-state index in [4.69, 9.17) is 0 Å². The minimum absolute atomic E-state index is 0.108. The van der Waals surface area contributed by atoms with Gasteiger partial charge in [-0.05, 0) is 25.2 Å². The Labute approximate surface area is 104 Å². The fourth-order valence-electron chi connectivity index (χ4n) is 2.31. The van der Waals surface area contributed by atoms with Gasteiger partial charge in [-0.25, -0.2) is 4.72 Å². The number of nitrogens with one attached hydrogen (secondary N) is 2. The molecule has 3 N–H and O–H groups in total. The average molecular weight is 264 g/mol. The maximum absolute atomic E-state index is 11.5. The Morgan fingerprint density at radius 2 is 2.12 bits per heavy atom. The minimum atomic E-state index is -3.46. The third kappa shape index (κ3) is 5.33. The third-order valence-corrected chi connectivity index (χ3v) is 4.31. The molecule has 0 heterocycles. The third-order valence-electron chi connectivity index (χ3n) is 3.20. The summed E-state index contributed by atoms with van der Waals surface area (Å²) in [4.78, 5) is 0. The lowest BCUT2D eigenvalue weighted by Crippen LogP contribution is -2.48. The fourth-order valence-corrected chi connectivity index (χ4v) is 3.34. The molecule has 0 spiro atoms. The van der Waals surface area contributed by atoms with Gasteiger partial charge in [0.2, 0.25) is 0 Å². The second-order valence-electron chi connectivity index (χ2n) is 5.14. The van der Waals surface area contributed by atoms with Crippen LogP contribution in [0, 0.1) is 5.92 Å². The predicted molar refractivity (Wildman–Crippen MR) is 67.8 cm³/mol. The van der Waals surface area contributed by atoms with Gasteiger partial charge in [0.05, 0.1) is 5.60 Å². The van der Waals surface area contributed by atoms with Crippen molar-refractivity contribution >= 4 is 10.2 Å². The van der Waals surface area contributed by atoms with E-state index in [1.165, 1.54) is 0 Å². The molecule has 1 saturated carbocycles. The lowest BCUT2D eigenvalue weighted by atomic mass is 9.79. The average Bonchev–Trinajstić information content (AvgIpc) is 2.24. The lowest BCUT2D eigenvalue weighted by Gasteiger charge is -2.35.